The maximum Gasteiger partial charge on any atom is 1.00 e. The average Bonchev–Trinajstić information content (AvgIpc) is 2.53. The van der Waals surface area contributed by atoms with Crippen LogP contribution in [0.4, 0.5) is 74.3 Å². The monoisotopic (exact) mass is 611 g/mol. The summed E-state index contributed by atoms with van der Waals surface area (Å²) >= 11 is 0. The van der Waals surface area contributed by atoms with Crippen LogP contribution in [0.2, 0.25) is 0 Å². The van der Waals surface area contributed by atoms with Crippen LogP contribution in [0.15, 0.2) is 0 Å². The summed E-state index contributed by atoms with van der Waals surface area (Å²) in [5.74, 6) is 0. The molecule has 0 fully saturated rings. The minimum absolute atomic E-state index is 0. The molecule has 34 heavy (non-hydrogen) atoms. The van der Waals surface area contributed by atoms with Crippen molar-refractivity contribution in [3.8, 4) is 18.2 Å². The van der Waals surface area contributed by atoms with Gasteiger partial charge in [0.15, 0.2) is 0 Å². The van der Waals surface area contributed by atoms with Crippen LogP contribution in [0.1, 0.15) is 13.8 Å². The van der Waals surface area contributed by atoms with Gasteiger partial charge < -0.3 is 0 Å². The van der Waals surface area contributed by atoms with Gasteiger partial charge in [-0.1, -0.05) is 0 Å². The summed E-state index contributed by atoms with van der Waals surface area (Å²) in [7, 11) is 0. The summed E-state index contributed by atoms with van der Waals surface area (Å²) in [5.41, 5.74) is -27.9. The van der Waals surface area contributed by atoms with Crippen LogP contribution in [0, 0.1) is 34.0 Å². The number of hydrogen-bond donors (Lipinski definition) is 0. The molecule has 3 nitrogen and oxygen atoms in total. The van der Waals surface area contributed by atoms with E-state index in [0.29, 0.717) is 0 Å². The molecule has 0 aliphatic carbocycles. The molecular formula is C12H8CuF17N3P. The molecule has 22 heteroatoms. The van der Waals surface area contributed by atoms with Gasteiger partial charge in [0.05, 0.1) is 12.1 Å². The summed E-state index contributed by atoms with van der Waals surface area (Å²) in [5, 5.41) is 22.5. The number of halogens is 17. The molecule has 206 valence electrons. The molecule has 0 rings (SSSR count). The number of nitrogens with zero attached hydrogens (tertiary/aromatic N) is 3. The normalized spacial score (nSPS) is 15.2. The number of hydrogen-bond acceptors (Lipinski definition) is 3. The van der Waals surface area contributed by atoms with Crippen LogP contribution >= 0.6 is 6.57 Å². The zero-order valence-corrected chi connectivity index (χ0v) is 17.6. The van der Waals surface area contributed by atoms with Crippen molar-refractivity contribution in [3.63, 3.8) is 0 Å². The fourth-order valence-corrected chi connectivity index (χ4v) is 5.77. The van der Waals surface area contributed by atoms with E-state index in [2.05, 4.69) is 0 Å². The third kappa shape index (κ3) is 4.44. The molecule has 0 atom stereocenters. The Morgan fingerprint density at radius 1 is 0.529 bits per heavy atom. The Labute approximate surface area is 188 Å². The molecule has 0 aliphatic heterocycles. The molecule has 0 bridgehead atoms. The molecule has 0 aromatic heterocycles. The summed E-state index contributed by atoms with van der Waals surface area (Å²) in [6, 6.07) is 2.59. The van der Waals surface area contributed by atoms with E-state index in [0.717, 1.165) is 0 Å². The van der Waals surface area contributed by atoms with Crippen molar-refractivity contribution in [2.24, 2.45) is 0 Å². The molecular weight excluding hydrogens is 604 g/mol. The largest absolute Gasteiger partial charge is 1.00 e. The molecule has 0 amide bonds. The second kappa shape index (κ2) is 10.1. The van der Waals surface area contributed by atoms with Crippen LogP contribution in [0.5, 0.6) is 0 Å². The number of rotatable bonds is 4. The van der Waals surface area contributed by atoms with E-state index in [1.165, 1.54) is 13.8 Å². The van der Waals surface area contributed by atoms with Gasteiger partial charge in [-0.3, -0.25) is 0 Å². The first kappa shape index (κ1) is 39.4. The molecule has 0 N–H and O–H groups in total. The van der Waals surface area contributed by atoms with Gasteiger partial charge in [0, 0.05) is 13.8 Å². The summed E-state index contributed by atoms with van der Waals surface area (Å²) < 4.78 is 220. The van der Waals surface area contributed by atoms with Crippen LogP contribution in [-0.2, 0) is 17.1 Å². The Morgan fingerprint density at radius 3 is 0.765 bits per heavy atom. The second-order valence-corrected chi connectivity index (χ2v) is 10.7. The van der Waals surface area contributed by atoms with Crippen molar-refractivity contribution in [2.45, 2.75) is 49.4 Å². The average molecular weight is 612 g/mol. The Hall–Kier alpha value is -1.77. The molecule has 0 aromatic carbocycles. The van der Waals surface area contributed by atoms with Crippen molar-refractivity contribution in [1.29, 1.82) is 15.8 Å². The van der Waals surface area contributed by atoms with E-state index in [9.17, 15) is 74.3 Å². The van der Waals surface area contributed by atoms with Gasteiger partial charge in [0.2, 0.25) is 0 Å². The first-order valence-electron chi connectivity index (χ1n) is 6.93. The third-order valence-corrected chi connectivity index (χ3v) is 9.29. The topological polar surface area (TPSA) is 71.4 Å². The van der Waals surface area contributed by atoms with Crippen molar-refractivity contribution < 1.29 is 91.3 Å². The SMILES string of the molecule is CC#N.CC#N.N#CC[P-](F)(F)(C(F)(F)C(F)(F)F)(C(F)(F)C(F)(F)F)C(F)(F)C(F)(F)F.[Cu+]. The minimum atomic E-state index is -13.9. The van der Waals surface area contributed by atoms with Gasteiger partial charge in [-0.15, -0.1) is 0 Å². The molecule has 0 aliphatic rings. The van der Waals surface area contributed by atoms with Crippen LogP contribution in [0.25, 0.3) is 0 Å². The van der Waals surface area contributed by atoms with Crippen molar-refractivity contribution in [1.82, 2.24) is 0 Å². The first-order valence-corrected chi connectivity index (χ1v) is 9.58. The van der Waals surface area contributed by atoms with Crippen LogP contribution in [0.3, 0.4) is 0 Å². The van der Waals surface area contributed by atoms with Crippen molar-refractivity contribution >= 4 is 6.57 Å². The van der Waals surface area contributed by atoms with Crippen LogP contribution in [-0.4, -0.2) is 41.7 Å². The van der Waals surface area contributed by atoms with E-state index >= 15 is 0 Å². The minimum Gasteiger partial charge on any atom is 1.00 e. The summed E-state index contributed by atoms with van der Waals surface area (Å²) in [6.07, 6.45) is -30.5. The Morgan fingerprint density at radius 2 is 0.676 bits per heavy atom. The van der Waals surface area contributed by atoms with Gasteiger partial charge >= 0.3 is 151 Å². The van der Waals surface area contributed by atoms with E-state index in [1.807, 2.05) is 0 Å². The zero-order chi connectivity index (χ0) is 28.2. The molecule has 0 aromatic rings. The molecule has 0 radical (unpaired) electrons. The van der Waals surface area contributed by atoms with Gasteiger partial charge in [-0.2, -0.15) is 10.5 Å². The second-order valence-electron chi connectivity index (χ2n) is 5.50. The maximum absolute atomic E-state index is 14.5. The summed E-state index contributed by atoms with van der Waals surface area (Å²) in [4.78, 5) is 0. The fourth-order valence-electron chi connectivity index (χ4n) is 1.92. The smallest absolute Gasteiger partial charge is 1.00 e. The van der Waals surface area contributed by atoms with Gasteiger partial charge in [0.1, 0.15) is 0 Å². The molecule has 0 saturated heterocycles. The maximum atomic E-state index is 14.5. The van der Waals surface area contributed by atoms with Crippen molar-refractivity contribution in [2.75, 3.05) is 6.16 Å². The predicted octanol–water partition coefficient (Wildman–Crippen LogP) is 7.89. The van der Waals surface area contributed by atoms with E-state index in [1.54, 1.807) is 12.1 Å². The van der Waals surface area contributed by atoms with E-state index in [-0.39, 0.29) is 17.1 Å². The quantitative estimate of drug-likeness (QED) is 0.184. The van der Waals surface area contributed by atoms with Crippen molar-refractivity contribution in [3.05, 3.63) is 0 Å². The Kier molecular flexibility index (Phi) is 11.7. The molecule has 0 saturated carbocycles. The van der Waals surface area contributed by atoms with Crippen LogP contribution < -0.4 is 0 Å². The summed E-state index contributed by atoms with van der Waals surface area (Å²) in [6.45, 7) is -11.1. The number of alkyl halides is 15. The zero-order valence-electron chi connectivity index (χ0n) is 15.7. The van der Waals surface area contributed by atoms with E-state index in [4.69, 9.17) is 15.8 Å². The van der Waals surface area contributed by atoms with Gasteiger partial charge in [-0.05, 0) is 0 Å². The van der Waals surface area contributed by atoms with Gasteiger partial charge in [0.25, 0.3) is 0 Å². The van der Waals surface area contributed by atoms with Gasteiger partial charge in [-0.25, -0.2) is 0 Å². The molecule has 0 spiro atoms. The molecule has 0 heterocycles. The Balaban J connectivity index is -0.000000576. The Bertz CT molecular complexity index is 749. The van der Waals surface area contributed by atoms with E-state index < -0.39 is 54.3 Å². The predicted molar refractivity (Wildman–Crippen MR) is 75.2 cm³/mol. The third-order valence-electron chi connectivity index (χ3n) is 3.53. The standard InChI is InChI=1S/C8H2F17NP.2C2H3N.Cu/c9-3(10,11)6(18,19)27(24,25,2-1-26,7(20,21)4(12,13)14)8(22,23)5(15,16)17;2*1-2-3;/h2H2;2*1H3;/q-1;;;+1. The molecule has 0 unspecified atom stereocenters. The number of nitriles is 3. The fraction of sp³-hybridized carbons (Fsp3) is 0.750. The first-order chi connectivity index (χ1) is 14.0.